The van der Waals surface area contributed by atoms with Crippen molar-refractivity contribution < 1.29 is 19.8 Å². The van der Waals surface area contributed by atoms with Gasteiger partial charge in [0, 0.05) is 0 Å². The molecule has 0 radical (unpaired) electrons. The summed E-state index contributed by atoms with van der Waals surface area (Å²) in [6.07, 6.45) is 3.68. The number of nitrogens with two attached hydrogens (primary N) is 1. The predicted octanol–water partition coefficient (Wildman–Crippen LogP) is 1.75. The number of ketones is 1. The first kappa shape index (κ1) is 20.2. The zero-order valence-electron chi connectivity index (χ0n) is 16.3. The van der Waals surface area contributed by atoms with Gasteiger partial charge in [-0.05, 0) is 0 Å². The predicted molar refractivity (Wildman–Crippen MR) is 122 cm³/mol. The van der Waals surface area contributed by atoms with Crippen LogP contribution in [0.1, 0.15) is 28.8 Å². The summed E-state index contributed by atoms with van der Waals surface area (Å²) in [5.41, 5.74) is 8.58. The van der Waals surface area contributed by atoms with Crippen molar-refractivity contribution in [2.45, 2.75) is 19.3 Å². The minimum atomic E-state index is -0.573. The Balaban J connectivity index is 1.88. The van der Waals surface area contributed by atoms with Gasteiger partial charge >= 0.3 is 184 Å². The van der Waals surface area contributed by atoms with Crippen LogP contribution in [-0.4, -0.2) is 48.9 Å². The van der Waals surface area contributed by atoms with E-state index >= 15 is 0 Å². The molecule has 4 rings (SSSR count). The van der Waals surface area contributed by atoms with Crippen LogP contribution in [-0.2, 0) is 11.2 Å². The van der Waals surface area contributed by atoms with Crippen molar-refractivity contribution in [2.24, 2.45) is 23.5 Å². The first-order valence-corrected chi connectivity index (χ1v) is 10.6. The van der Waals surface area contributed by atoms with Gasteiger partial charge in [0.15, 0.2) is 0 Å². The van der Waals surface area contributed by atoms with Crippen molar-refractivity contribution in [1.82, 2.24) is 0 Å². The van der Waals surface area contributed by atoms with Crippen LogP contribution < -0.4 is 10.6 Å². The van der Waals surface area contributed by atoms with Gasteiger partial charge in [0.2, 0.25) is 0 Å². The summed E-state index contributed by atoms with van der Waals surface area (Å²) in [5.74, 6) is -1.54. The quantitative estimate of drug-likeness (QED) is 0.421. The van der Waals surface area contributed by atoms with Gasteiger partial charge in [-0.15, -0.1) is 0 Å². The third-order valence-electron chi connectivity index (χ3n) is 6.39. The average Bonchev–Trinajstić information content (AvgIpc) is 2.63. The van der Waals surface area contributed by atoms with E-state index in [-0.39, 0.29) is 34.7 Å². The van der Waals surface area contributed by atoms with E-state index in [2.05, 4.69) is 7.49 Å². The topological polar surface area (TPSA) is 104 Å². The molecule has 3 unspecified atom stereocenters. The van der Waals surface area contributed by atoms with Crippen molar-refractivity contribution in [3.63, 3.8) is 0 Å². The molecule has 3 aliphatic rings. The van der Waals surface area contributed by atoms with Gasteiger partial charge in [-0.25, -0.2) is 0 Å². The third-order valence-corrected chi connectivity index (χ3v) is 7.21. The number of Topliss-reactive ketones (excluding diaryl/α,β-unsaturated/α-hetero) is 1. The van der Waals surface area contributed by atoms with E-state index in [4.69, 9.17) is 5.73 Å². The Morgan fingerprint density at radius 3 is 2.66 bits per heavy atom. The zero-order chi connectivity index (χ0) is 21.2. The van der Waals surface area contributed by atoms with Crippen molar-refractivity contribution in [3.05, 3.63) is 43.7 Å². The van der Waals surface area contributed by atoms with Crippen LogP contribution in [0.4, 0.5) is 5.69 Å². The van der Waals surface area contributed by atoms with E-state index in [0.29, 0.717) is 39.4 Å². The van der Waals surface area contributed by atoms with Crippen LogP contribution in [0.15, 0.2) is 29.0 Å². The summed E-state index contributed by atoms with van der Waals surface area (Å²) in [6.45, 7) is 0. The van der Waals surface area contributed by atoms with Gasteiger partial charge < -0.3 is 0 Å². The second-order valence-corrected chi connectivity index (χ2v) is 9.38. The van der Waals surface area contributed by atoms with Crippen molar-refractivity contribution >= 4 is 52.9 Å². The molecule has 1 amide bonds. The molecule has 3 aliphatic carbocycles. The number of amides is 1. The monoisotopic (exact) mass is 504 g/mol. The van der Waals surface area contributed by atoms with Gasteiger partial charge in [0.05, 0.1) is 0 Å². The molecular weight excluding hydrogens is 482 g/mol. The molecule has 1 aromatic carbocycles. The maximum absolute atomic E-state index is 13.5. The van der Waals surface area contributed by atoms with Crippen LogP contribution in [0.2, 0.25) is 0 Å². The Bertz CT molecular complexity index is 1040. The van der Waals surface area contributed by atoms with Gasteiger partial charge in [-0.2, -0.15) is 0 Å². The SMILES string of the molecule is B=C1C(C(N)=O)=CCC2CC3Cc4c(N(C)C)cc(I)c(O)c4C(=O)C3=C(O)C12. The van der Waals surface area contributed by atoms with Crippen LogP contribution in [0, 0.1) is 21.3 Å². The number of rotatable bonds is 2. The number of anilines is 1. The second-order valence-electron chi connectivity index (χ2n) is 8.22. The Morgan fingerprint density at radius 1 is 1.34 bits per heavy atom. The third kappa shape index (κ3) is 2.94. The number of phenols is 1. The standard InChI is InChI=1S/C21H22BIN2O4/c1-25(2)13-7-12(23)18(26)16-11(13)6-9-5-8-3-4-10(21(24)29)17(22)14(8)19(27)15(9)20(16)28/h4,7-9,14,22,26-27H,3,5-6H2,1-2H3,(H2,24,29). The molecule has 0 spiro atoms. The Kier molecular flexibility index (Phi) is 4.87. The number of nitrogens with zero attached hydrogens (tertiary/aromatic N) is 1. The van der Waals surface area contributed by atoms with Crippen LogP contribution in [0.25, 0.3) is 0 Å². The van der Waals surface area contributed by atoms with E-state index < -0.39 is 11.8 Å². The number of carbonyl (C=O) groups excluding carboxylic acids is 2. The molecule has 0 saturated heterocycles. The van der Waals surface area contributed by atoms with Gasteiger partial charge in [0.25, 0.3) is 0 Å². The number of carbonyl (C=O) groups is 2. The molecule has 6 nitrogen and oxygen atoms in total. The summed E-state index contributed by atoms with van der Waals surface area (Å²) in [7, 11) is 7.82. The normalized spacial score (nSPS) is 25.7. The van der Waals surface area contributed by atoms with E-state index in [1.807, 2.05) is 47.7 Å². The molecule has 0 heterocycles. The number of aliphatic hydroxyl groups excluding tert-OH is 1. The van der Waals surface area contributed by atoms with E-state index in [0.717, 1.165) is 11.3 Å². The summed E-state index contributed by atoms with van der Waals surface area (Å²) < 4.78 is 0.589. The zero-order valence-corrected chi connectivity index (χ0v) is 18.5. The summed E-state index contributed by atoms with van der Waals surface area (Å²) >= 11 is 2.01. The van der Waals surface area contributed by atoms with Crippen molar-refractivity contribution in [3.8, 4) is 5.75 Å². The number of halogens is 1. The number of hydrogen-bond acceptors (Lipinski definition) is 5. The minimum absolute atomic E-state index is 0.0246. The summed E-state index contributed by atoms with van der Waals surface area (Å²) in [5, 5.41) is 21.8. The number of benzene rings is 1. The fourth-order valence-corrected chi connectivity index (χ4v) is 5.68. The van der Waals surface area contributed by atoms with E-state index in [1.165, 1.54) is 0 Å². The fourth-order valence-electron chi connectivity index (χ4n) is 5.11. The molecule has 29 heavy (non-hydrogen) atoms. The first-order valence-electron chi connectivity index (χ1n) is 9.51. The maximum atomic E-state index is 13.5. The molecule has 8 heteroatoms. The molecule has 1 aromatic rings. The summed E-state index contributed by atoms with van der Waals surface area (Å²) in [6, 6.07) is 1.88. The number of allylic oxidation sites excluding steroid dienone is 3. The van der Waals surface area contributed by atoms with Crippen LogP contribution in [0.5, 0.6) is 5.75 Å². The second kappa shape index (κ2) is 7.00. The molecule has 4 N–H and O–H groups in total. The molecule has 0 fully saturated rings. The number of phenolic OH excluding ortho intramolecular Hbond substituents is 1. The molecule has 0 saturated carbocycles. The average molecular weight is 504 g/mol. The first-order chi connectivity index (χ1) is 13.6. The van der Waals surface area contributed by atoms with E-state index in [9.17, 15) is 19.8 Å². The number of aromatic hydroxyl groups is 1. The number of hydrogen-bond donors (Lipinski definition) is 3. The number of fused-ring (bicyclic) bond motifs is 3. The molecule has 150 valence electrons. The Labute approximate surface area is 183 Å². The Morgan fingerprint density at radius 2 is 2.03 bits per heavy atom. The number of primary amides is 1. The number of aliphatic hydroxyl groups is 1. The van der Waals surface area contributed by atoms with Crippen molar-refractivity contribution in [1.29, 1.82) is 0 Å². The van der Waals surface area contributed by atoms with Gasteiger partial charge in [0.1, 0.15) is 0 Å². The van der Waals surface area contributed by atoms with E-state index in [1.54, 1.807) is 6.08 Å². The fraction of sp³-hybridized carbons (Fsp3) is 0.381. The molecule has 3 atom stereocenters. The molecule has 0 aromatic heterocycles. The Hall–Kier alpha value is -2.10. The van der Waals surface area contributed by atoms with Crippen molar-refractivity contribution in [2.75, 3.05) is 19.0 Å². The summed E-state index contributed by atoms with van der Waals surface area (Å²) in [4.78, 5) is 27.1. The van der Waals surface area contributed by atoms with Crippen LogP contribution >= 0.6 is 22.6 Å². The van der Waals surface area contributed by atoms with Gasteiger partial charge in [-0.1, -0.05) is 0 Å². The molecule has 0 aliphatic heterocycles. The molecule has 0 bridgehead atoms. The molecular formula is C21H22BIN2O4. The van der Waals surface area contributed by atoms with Gasteiger partial charge in [-0.3, -0.25) is 0 Å². The van der Waals surface area contributed by atoms with Crippen LogP contribution in [0.3, 0.4) is 0 Å².